The molecule has 4 aromatic rings. The molecular weight excluding hydrogens is 531 g/mol. The van der Waals surface area contributed by atoms with Crippen molar-refractivity contribution in [1.29, 1.82) is 0 Å². The van der Waals surface area contributed by atoms with Crippen molar-refractivity contribution in [2.75, 3.05) is 5.32 Å². The SMILES string of the molecule is Fc1ccc(/C=N/n2c(-c3cc(Cl)cc(Cl)c3Cl)nn(CNc3ccc(Cl)nn3)c2=S)cc1. The van der Waals surface area contributed by atoms with Crippen molar-refractivity contribution in [2.45, 2.75) is 6.67 Å². The van der Waals surface area contributed by atoms with Gasteiger partial charge < -0.3 is 5.32 Å². The Balaban J connectivity index is 1.76. The van der Waals surface area contributed by atoms with E-state index in [4.69, 9.17) is 58.6 Å². The maximum absolute atomic E-state index is 13.2. The molecule has 0 spiro atoms. The largest absolute Gasteiger partial charge is 0.349 e. The van der Waals surface area contributed by atoms with E-state index >= 15 is 0 Å². The van der Waals surface area contributed by atoms with E-state index in [1.54, 1.807) is 30.3 Å². The number of rotatable bonds is 6. The molecule has 4 rings (SSSR count). The van der Waals surface area contributed by atoms with E-state index in [9.17, 15) is 4.39 Å². The van der Waals surface area contributed by atoms with Crippen molar-refractivity contribution < 1.29 is 4.39 Å². The van der Waals surface area contributed by atoms with Crippen LogP contribution in [0.25, 0.3) is 11.4 Å². The zero-order chi connectivity index (χ0) is 23.5. The fourth-order valence-corrected chi connectivity index (χ4v) is 3.76. The first-order valence-corrected chi connectivity index (χ1v) is 11.1. The first-order valence-electron chi connectivity index (χ1n) is 9.19. The monoisotopic (exact) mass is 541 g/mol. The summed E-state index contributed by atoms with van der Waals surface area (Å²) in [6.07, 6.45) is 1.52. The van der Waals surface area contributed by atoms with Crippen LogP contribution in [0, 0.1) is 10.6 Å². The molecular formula is C20H12Cl4FN7S. The summed E-state index contributed by atoms with van der Waals surface area (Å²) in [6, 6.07) is 12.2. The van der Waals surface area contributed by atoms with Crippen molar-refractivity contribution in [1.82, 2.24) is 24.7 Å². The van der Waals surface area contributed by atoms with Crippen molar-refractivity contribution >= 4 is 70.7 Å². The number of nitrogens with one attached hydrogen (secondary N) is 1. The van der Waals surface area contributed by atoms with Gasteiger partial charge in [0.15, 0.2) is 11.0 Å². The van der Waals surface area contributed by atoms with Crippen molar-refractivity contribution in [2.24, 2.45) is 5.10 Å². The summed E-state index contributed by atoms with van der Waals surface area (Å²) in [5.74, 6) is 0.418. The second-order valence-electron chi connectivity index (χ2n) is 6.54. The Hall–Kier alpha value is -2.56. The van der Waals surface area contributed by atoms with E-state index in [1.807, 2.05) is 0 Å². The van der Waals surface area contributed by atoms with Gasteiger partial charge in [0, 0.05) is 10.6 Å². The Labute approximate surface area is 212 Å². The van der Waals surface area contributed by atoms with Gasteiger partial charge in [0.2, 0.25) is 4.77 Å². The maximum atomic E-state index is 13.2. The highest BCUT2D eigenvalue weighted by molar-refractivity contribution is 7.71. The van der Waals surface area contributed by atoms with E-state index < -0.39 is 0 Å². The molecule has 2 aromatic carbocycles. The lowest BCUT2D eigenvalue weighted by Crippen LogP contribution is -2.11. The standard InChI is InChI=1S/C20H12Cl4FN7S/c21-12-7-14(18(24)15(22)8-12)19-30-31(10-26-17-6-5-16(23)28-29-17)20(33)32(19)27-9-11-1-3-13(25)4-2-11/h1-9H,10H2,(H,26,29)/b27-9+. The number of hydrogen-bond acceptors (Lipinski definition) is 6. The number of halogens is 5. The van der Waals surface area contributed by atoms with Gasteiger partial charge in [-0.05, 0) is 54.2 Å². The third kappa shape index (κ3) is 5.51. The number of benzene rings is 2. The van der Waals surface area contributed by atoms with Crippen LogP contribution in [-0.2, 0) is 6.67 Å². The summed E-state index contributed by atoms with van der Waals surface area (Å²) in [5, 5.41) is 20.9. The highest BCUT2D eigenvalue weighted by Crippen LogP contribution is 2.36. The predicted octanol–water partition coefficient (Wildman–Crippen LogP) is 6.58. The molecule has 0 unspecified atom stereocenters. The zero-order valence-electron chi connectivity index (χ0n) is 16.4. The average Bonchev–Trinajstić information content (AvgIpc) is 3.10. The Bertz CT molecular complexity index is 1390. The molecule has 0 amide bonds. The number of anilines is 1. The topological polar surface area (TPSA) is 72.9 Å². The van der Waals surface area contributed by atoms with Crippen LogP contribution in [-0.4, -0.2) is 30.9 Å². The van der Waals surface area contributed by atoms with Gasteiger partial charge in [0.25, 0.3) is 0 Å². The summed E-state index contributed by atoms with van der Waals surface area (Å²) >= 11 is 30.2. The Morgan fingerprint density at radius 3 is 2.48 bits per heavy atom. The average molecular weight is 543 g/mol. The van der Waals surface area contributed by atoms with Gasteiger partial charge in [0.05, 0.1) is 16.3 Å². The maximum Gasteiger partial charge on any atom is 0.221 e. The van der Waals surface area contributed by atoms with Gasteiger partial charge >= 0.3 is 0 Å². The molecule has 0 aliphatic rings. The van der Waals surface area contributed by atoms with Gasteiger partial charge in [0.1, 0.15) is 18.3 Å². The number of nitrogens with zero attached hydrogens (tertiary/aromatic N) is 6. The Kier molecular flexibility index (Phi) is 7.26. The summed E-state index contributed by atoms with van der Waals surface area (Å²) in [7, 11) is 0. The van der Waals surface area contributed by atoms with Gasteiger partial charge in [-0.3, -0.25) is 0 Å². The van der Waals surface area contributed by atoms with Crippen LogP contribution in [0.2, 0.25) is 20.2 Å². The van der Waals surface area contributed by atoms with Gasteiger partial charge in [-0.15, -0.1) is 15.3 Å². The van der Waals surface area contributed by atoms with Crippen molar-refractivity contribution in [3.05, 3.63) is 84.9 Å². The molecule has 168 valence electrons. The molecule has 13 heteroatoms. The smallest absolute Gasteiger partial charge is 0.221 e. The minimum atomic E-state index is -0.353. The molecule has 0 aliphatic heterocycles. The van der Waals surface area contributed by atoms with Gasteiger partial charge in [-0.25, -0.2) is 9.07 Å². The normalized spacial score (nSPS) is 11.3. The van der Waals surface area contributed by atoms with Crippen LogP contribution in [0.5, 0.6) is 0 Å². The molecule has 33 heavy (non-hydrogen) atoms. The molecule has 2 heterocycles. The third-order valence-corrected chi connectivity index (χ3v) is 5.89. The Morgan fingerprint density at radius 1 is 1.03 bits per heavy atom. The van der Waals surface area contributed by atoms with Crippen molar-refractivity contribution in [3.63, 3.8) is 0 Å². The van der Waals surface area contributed by atoms with E-state index in [-0.39, 0.29) is 32.5 Å². The highest BCUT2D eigenvalue weighted by atomic mass is 35.5. The first kappa shape index (κ1) is 23.6. The van der Waals surface area contributed by atoms with Crippen LogP contribution < -0.4 is 5.32 Å². The molecule has 0 radical (unpaired) electrons. The third-order valence-electron chi connectivity index (χ3n) is 4.29. The predicted molar refractivity (Wildman–Crippen MR) is 132 cm³/mol. The van der Waals surface area contributed by atoms with E-state index in [2.05, 4.69) is 25.7 Å². The first-order chi connectivity index (χ1) is 15.8. The molecule has 2 aromatic heterocycles. The van der Waals surface area contributed by atoms with Crippen LogP contribution in [0.4, 0.5) is 10.2 Å². The number of hydrogen-bond donors (Lipinski definition) is 1. The fraction of sp³-hybridized carbons (Fsp3) is 0.0500. The molecule has 0 saturated heterocycles. The van der Waals surface area contributed by atoms with Gasteiger partial charge in [-0.1, -0.05) is 58.5 Å². The molecule has 1 N–H and O–H groups in total. The quantitative estimate of drug-likeness (QED) is 0.169. The molecule has 0 atom stereocenters. The summed E-state index contributed by atoms with van der Waals surface area (Å²) < 4.78 is 16.4. The van der Waals surface area contributed by atoms with Crippen molar-refractivity contribution in [3.8, 4) is 11.4 Å². The lowest BCUT2D eigenvalue weighted by Gasteiger charge is -2.06. The summed E-state index contributed by atoms with van der Waals surface area (Å²) in [4.78, 5) is 0. The van der Waals surface area contributed by atoms with E-state index in [0.717, 1.165) is 0 Å². The highest BCUT2D eigenvalue weighted by Gasteiger charge is 2.18. The fourth-order valence-electron chi connectivity index (χ4n) is 2.73. The summed E-state index contributed by atoms with van der Waals surface area (Å²) in [5.41, 5.74) is 1.09. The number of aromatic nitrogens is 5. The van der Waals surface area contributed by atoms with Crippen LogP contribution in [0.3, 0.4) is 0 Å². The molecule has 0 saturated carbocycles. The molecule has 0 fully saturated rings. The minimum absolute atomic E-state index is 0.146. The minimum Gasteiger partial charge on any atom is -0.349 e. The van der Waals surface area contributed by atoms with Crippen LogP contribution >= 0.6 is 58.6 Å². The second-order valence-corrected chi connectivity index (χ2v) is 8.51. The van der Waals surface area contributed by atoms with E-state index in [1.165, 1.54) is 33.8 Å². The lowest BCUT2D eigenvalue weighted by molar-refractivity contribution is 0.628. The Morgan fingerprint density at radius 2 is 1.79 bits per heavy atom. The lowest BCUT2D eigenvalue weighted by atomic mass is 10.2. The van der Waals surface area contributed by atoms with Crippen LogP contribution in [0.1, 0.15) is 5.56 Å². The van der Waals surface area contributed by atoms with Gasteiger partial charge in [-0.2, -0.15) is 9.78 Å². The molecule has 0 bridgehead atoms. The van der Waals surface area contributed by atoms with Crippen LogP contribution in [0.15, 0.2) is 53.6 Å². The molecule has 0 aliphatic carbocycles. The van der Waals surface area contributed by atoms with E-state index in [0.29, 0.717) is 27.8 Å². The summed E-state index contributed by atoms with van der Waals surface area (Å²) in [6.45, 7) is 0.146. The second kappa shape index (κ2) is 10.1. The zero-order valence-corrected chi connectivity index (χ0v) is 20.2. The molecule has 7 nitrogen and oxygen atoms in total.